The summed E-state index contributed by atoms with van der Waals surface area (Å²) in [4.78, 5) is 12.8. The number of nitrogens with one attached hydrogen (secondary N) is 1. The van der Waals surface area contributed by atoms with Gasteiger partial charge in [0.05, 0.1) is 11.9 Å². The molecule has 0 saturated heterocycles. The minimum absolute atomic E-state index is 0.122. The van der Waals surface area contributed by atoms with Crippen LogP contribution in [0.2, 0.25) is 5.02 Å². The van der Waals surface area contributed by atoms with Crippen LogP contribution in [0.25, 0.3) is 0 Å². The second-order valence-corrected chi connectivity index (χ2v) is 8.94. The van der Waals surface area contributed by atoms with Crippen molar-refractivity contribution in [3.05, 3.63) is 52.5 Å². The summed E-state index contributed by atoms with van der Waals surface area (Å²) in [6, 6.07) is 10.5. The topological polar surface area (TPSA) is 75.7 Å². The molecule has 2 aromatic carbocycles. The molecule has 0 aromatic heterocycles. The number of hydrogen-bond donors (Lipinski definition) is 1. The Morgan fingerprint density at radius 1 is 1.22 bits per heavy atom. The largest absolute Gasteiger partial charge is 0.478 e. The fraction of sp³-hybridized carbons (Fsp3) is 0.316. The lowest BCUT2D eigenvalue weighted by Crippen LogP contribution is -2.36. The van der Waals surface area contributed by atoms with Crippen LogP contribution in [-0.2, 0) is 14.8 Å². The zero-order valence-corrected chi connectivity index (χ0v) is 16.9. The molecule has 0 saturated carbocycles. The van der Waals surface area contributed by atoms with E-state index in [1.54, 1.807) is 12.1 Å². The number of carbonyl (C=O) groups excluding carboxylic acids is 1. The van der Waals surface area contributed by atoms with Gasteiger partial charge in [0.25, 0.3) is 5.91 Å². The SMILES string of the molecule is Cc1cccc(C)c1NC(=O)[C@@H]1CCN(S(C)(=O)=O)c2cc(Cl)ccc2O1. The summed E-state index contributed by atoms with van der Waals surface area (Å²) in [5, 5.41) is 3.31. The lowest BCUT2D eigenvalue weighted by molar-refractivity contribution is -0.122. The lowest BCUT2D eigenvalue weighted by atomic mass is 10.1. The van der Waals surface area contributed by atoms with Gasteiger partial charge in [0.15, 0.2) is 6.10 Å². The number of halogens is 1. The van der Waals surface area contributed by atoms with Crippen LogP contribution >= 0.6 is 11.6 Å². The second kappa shape index (κ2) is 7.40. The van der Waals surface area contributed by atoms with Gasteiger partial charge in [-0.05, 0) is 43.2 Å². The van der Waals surface area contributed by atoms with E-state index in [2.05, 4.69) is 5.32 Å². The molecule has 3 rings (SSSR count). The smallest absolute Gasteiger partial charge is 0.265 e. The highest BCUT2D eigenvalue weighted by molar-refractivity contribution is 7.92. The predicted octanol–water partition coefficient (Wildman–Crippen LogP) is 3.51. The van der Waals surface area contributed by atoms with Gasteiger partial charge in [0, 0.05) is 23.7 Å². The van der Waals surface area contributed by atoms with Crippen LogP contribution in [0.4, 0.5) is 11.4 Å². The van der Waals surface area contributed by atoms with E-state index in [9.17, 15) is 13.2 Å². The fourth-order valence-electron chi connectivity index (χ4n) is 3.10. The number of ether oxygens (including phenoxy) is 1. The monoisotopic (exact) mass is 408 g/mol. The first-order valence-electron chi connectivity index (χ1n) is 8.48. The number of rotatable bonds is 3. The molecule has 0 unspecified atom stereocenters. The number of hydrogen-bond acceptors (Lipinski definition) is 4. The maximum atomic E-state index is 12.8. The van der Waals surface area contributed by atoms with Crippen LogP contribution in [0, 0.1) is 13.8 Å². The van der Waals surface area contributed by atoms with Crippen molar-refractivity contribution in [3.63, 3.8) is 0 Å². The Morgan fingerprint density at radius 3 is 2.52 bits per heavy atom. The molecule has 0 fully saturated rings. The minimum Gasteiger partial charge on any atom is -0.478 e. The van der Waals surface area contributed by atoms with Crippen molar-refractivity contribution in [1.82, 2.24) is 0 Å². The average molecular weight is 409 g/mol. The number of anilines is 2. The highest BCUT2D eigenvalue weighted by Crippen LogP contribution is 2.36. The molecule has 27 heavy (non-hydrogen) atoms. The van der Waals surface area contributed by atoms with Crippen molar-refractivity contribution < 1.29 is 17.9 Å². The standard InChI is InChI=1S/C19H21ClN2O4S/c1-12-5-4-6-13(2)18(12)21-19(23)17-9-10-22(27(3,24)25)15-11-14(20)7-8-16(15)26-17/h4-8,11,17H,9-10H2,1-3H3,(H,21,23)/t17-/m0/s1. The maximum absolute atomic E-state index is 12.8. The molecule has 6 nitrogen and oxygen atoms in total. The fourth-order valence-corrected chi connectivity index (χ4v) is 4.20. The molecule has 144 valence electrons. The molecule has 1 aliphatic rings. The molecular weight excluding hydrogens is 388 g/mol. The summed E-state index contributed by atoms with van der Waals surface area (Å²) in [5.41, 5.74) is 2.97. The van der Waals surface area contributed by atoms with Crippen LogP contribution in [0.1, 0.15) is 17.5 Å². The van der Waals surface area contributed by atoms with Crippen LogP contribution in [0.5, 0.6) is 5.75 Å². The molecule has 1 amide bonds. The first-order valence-corrected chi connectivity index (χ1v) is 10.7. The number of benzene rings is 2. The van der Waals surface area contributed by atoms with E-state index in [0.29, 0.717) is 16.5 Å². The zero-order valence-electron chi connectivity index (χ0n) is 15.3. The summed E-state index contributed by atoms with van der Waals surface area (Å²) < 4.78 is 31.5. The number of sulfonamides is 1. The molecule has 0 spiro atoms. The Hall–Kier alpha value is -2.25. The Bertz CT molecular complexity index is 971. The molecule has 1 atom stereocenters. The maximum Gasteiger partial charge on any atom is 0.265 e. The molecule has 0 aliphatic carbocycles. The normalized spacial score (nSPS) is 16.9. The van der Waals surface area contributed by atoms with Crippen LogP contribution in [0.3, 0.4) is 0 Å². The number of aryl methyl sites for hydroxylation is 2. The first-order chi connectivity index (χ1) is 12.7. The summed E-state index contributed by atoms with van der Waals surface area (Å²) >= 11 is 6.03. The minimum atomic E-state index is -3.54. The number of amides is 1. The van der Waals surface area contributed by atoms with E-state index in [1.165, 1.54) is 10.4 Å². The van der Waals surface area contributed by atoms with Crippen molar-refractivity contribution in [2.45, 2.75) is 26.4 Å². The number of carbonyl (C=O) groups is 1. The van der Waals surface area contributed by atoms with Gasteiger partial charge in [-0.3, -0.25) is 9.10 Å². The van der Waals surface area contributed by atoms with E-state index in [4.69, 9.17) is 16.3 Å². The van der Waals surface area contributed by atoms with Crippen LogP contribution in [-0.4, -0.2) is 33.2 Å². The summed E-state index contributed by atoms with van der Waals surface area (Å²) in [6.07, 6.45) is 0.515. The van der Waals surface area contributed by atoms with Crippen LogP contribution in [0.15, 0.2) is 36.4 Å². The van der Waals surface area contributed by atoms with Crippen molar-refractivity contribution >= 4 is 38.9 Å². The van der Waals surface area contributed by atoms with E-state index >= 15 is 0 Å². The van der Waals surface area contributed by atoms with Crippen molar-refractivity contribution in [1.29, 1.82) is 0 Å². The van der Waals surface area contributed by atoms with Gasteiger partial charge in [-0.25, -0.2) is 8.42 Å². The lowest BCUT2D eigenvalue weighted by Gasteiger charge is -2.21. The van der Waals surface area contributed by atoms with Gasteiger partial charge in [-0.1, -0.05) is 29.8 Å². The van der Waals surface area contributed by atoms with Gasteiger partial charge in [0.1, 0.15) is 5.75 Å². The number of para-hydroxylation sites is 1. The Morgan fingerprint density at radius 2 is 1.89 bits per heavy atom. The van der Waals surface area contributed by atoms with Gasteiger partial charge in [-0.15, -0.1) is 0 Å². The van der Waals surface area contributed by atoms with Crippen molar-refractivity contribution in [2.75, 3.05) is 22.4 Å². The number of nitrogens with zero attached hydrogens (tertiary/aromatic N) is 1. The zero-order chi connectivity index (χ0) is 19.8. The molecule has 8 heteroatoms. The predicted molar refractivity (Wildman–Crippen MR) is 107 cm³/mol. The third-order valence-electron chi connectivity index (χ3n) is 4.48. The van der Waals surface area contributed by atoms with E-state index in [1.807, 2.05) is 32.0 Å². The molecule has 2 aromatic rings. The quantitative estimate of drug-likeness (QED) is 0.843. The highest BCUT2D eigenvalue weighted by Gasteiger charge is 2.31. The average Bonchev–Trinajstić information content (AvgIpc) is 2.77. The van der Waals surface area contributed by atoms with E-state index < -0.39 is 16.1 Å². The first kappa shape index (κ1) is 19.5. The van der Waals surface area contributed by atoms with E-state index in [0.717, 1.165) is 23.1 Å². The number of fused-ring (bicyclic) bond motifs is 1. The van der Waals surface area contributed by atoms with Crippen molar-refractivity contribution in [3.8, 4) is 5.75 Å². The van der Waals surface area contributed by atoms with Gasteiger partial charge in [-0.2, -0.15) is 0 Å². The Kier molecular flexibility index (Phi) is 5.35. The molecule has 1 N–H and O–H groups in total. The second-order valence-electron chi connectivity index (χ2n) is 6.60. The Labute approximate surface area is 164 Å². The van der Waals surface area contributed by atoms with Gasteiger partial charge < -0.3 is 10.1 Å². The summed E-state index contributed by atoms with van der Waals surface area (Å²) in [6.45, 7) is 3.95. The molecular formula is C19H21ClN2O4S. The highest BCUT2D eigenvalue weighted by atomic mass is 35.5. The molecule has 1 heterocycles. The van der Waals surface area contributed by atoms with Crippen molar-refractivity contribution in [2.24, 2.45) is 0 Å². The van der Waals surface area contributed by atoms with Crippen LogP contribution < -0.4 is 14.4 Å². The van der Waals surface area contributed by atoms with Gasteiger partial charge in [0.2, 0.25) is 10.0 Å². The molecule has 0 bridgehead atoms. The molecule has 0 radical (unpaired) electrons. The molecule has 1 aliphatic heterocycles. The van der Waals surface area contributed by atoms with Gasteiger partial charge >= 0.3 is 0 Å². The summed E-state index contributed by atoms with van der Waals surface area (Å²) in [5.74, 6) is -0.00682. The third kappa shape index (κ3) is 4.20. The Balaban J connectivity index is 1.91. The summed E-state index contributed by atoms with van der Waals surface area (Å²) in [7, 11) is -3.54. The van der Waals surface area contributed by atoms with E-state index in [-0.39, 0.29) is 18.9 Å². The third-order valence-corrected chi connectivity index (χ3v) is 5.89.